The summed E-state index contributed by atoms with van der Waals surface area (Å²) in [7, 11) is 0. The molecule has 0 aromatic carbocycles. The van der Waals surface area contributed by atoms with Crippen LogP contribution in [0, 0.1) is 17.8 Å². The van der Waals surface area contributed by atoms with Crippen molar-refractivity contribution >= 4 is 0 Å². The molecular formula is C17H34N2O2. The van der Waals surface area contributed by atoms with Crippen LogP contribution in [0.2, 0.25) is 0 Å². The molecule has 0 spiro atoms. The molecule has 0 aromatic rings. The molecule has 4 nitrogen and oxygen atoms in total. The lowest BCUT2D eigenvalue weighted by Gasteiger charge is -2.38. The smallest absolute Gasteiger partial charge is 0.0580 e. The topological polar surface area (TPSA) is 46.9 Å². The first-order valence-corrected chi connectivity index (χ1v) is 8.83. The molecule has 0 bridgehead atoms. The maximum absolute atomic E-state index is 10.3. The van der Waals surface area contributed by atoms with E-state index in [-0.39, 0.29) is 12.7 Å². The summed E-state index contributed by atoms with van der Waals surface area (Å²) in [5.74, 6) is 1.98. The summed E-state index contributed by atoms with van der Waals surface area (Å²) in [5, 5.41) is 19.4. The van der Waals surface area contributed by atoms with Crippen LogP contribution in [0.1, 0.15) is 39.5 Å². The van der Waals surface area contributed by atoms with Gasteiger partial charge in [0.25, 0.3) is 0 Å². The van der Waals surface area contributed by atoms with Crippen molar-refractivity contribution in [3.05, 3.63) is 0 Å². The van der Waals surface area contributed by atoms with Crippen molar-refractivity contribution in [2.24, 2.45) is 17.8 Å². The summed E-state index contributed by atoms with van der Waals surface area (Å²) < 4.78 is 0. The third kappa shape index (κ3) is 5.20. The highest BCUT2D eigenvalue weighted by molar-refractivity contribution is 4.84. The average molecular weight is 298 g/mol. The van der Waals surface area contributed by atoms with Gasteiger partial charge >= 0.3 is 0 Å². The van der Waals surface area contributed by atoms with E-state index < -0.39 is 0 Å². The molecular weight excluding hydrogens is 264 g/mol. The van der Waals surface area contributed by atoms with E-state index >= 15 is 0 Å². The van der Waals surface area contributed by atoms with E-state index in [2.05, 4.69) is 23.6 Å². The van der Waals surface area contributed by atoms with Gasteiger partial charge in [-0.25, -0.2) is 0 Å². The first-order valence-electron chi connectivity index (χ1n) is 8.83. The number of aliphatic hydroxyl groups excluding tert-OH is 2. The summed E-state index contributed by atoms with van der Waals surface area (Å²) in [6.45, 7) is 11.1. The Morgan fingerprint density at radius 2 is 1.76 bits per heavy atom. The number of rotatable bonds is 5. The van der Waals surface area contributed by atoms with Crippen molar-refractivity contribution in [1.82, 2.24) is 9.80 Å². The molecule has 0 radical (unpaired) electrons. The van der Waals surface area contributed by atoms with Gasteiger partial charge in [0.1, 0.15) is 0 Å². The Morgan fingerprint density at radius 3 is 2.48 bits per heavy atom. The predicted molar refractivity (Wildman–Crippen MR) is 86.3 cm³/mol. The van der Waals surface area contributed by atoms with E-state index in [1.54, 1.807) is 0 Å². The molecule has 0 aromatic heterocycles. The zero-order chi connectivity index (χ0) is 15.2. The van der Waals surface area contributed by atoms with Crippen LogP contribution in [0.5, 0.6) is 0 Å². The van der Waals surface area contributed by atoms with Gasteiger partial charge in [0.2, 0.25) is 0 Å². The fourth-order valence-electron chi connectivity index (χ4n) is 3.99. The van der Waals surface area contributed by atoms with Crippen molar-refractivity contribution in [3.63, 3.8) is 0 Å². The molecule has 3 unspecified atom stereocenters. The minimum absolute atomic E-state index is 0.100. The van der Waals surface area contributed by atoms with Crippen molar-refractivity contribution in [3.8, 4) is 0 Å². The lowest BCUT2D eigenvalue weighted by Crippen LogP contribution is -2.41. The molecule has 21 heavy (non-hydrogen) atoms. The van der Waals surface area contributed by atoms with Crippen molar-refractivity contribution in [1.29, 1.82) is 0 Å². The Labute approximate surface area is 130 Å². The van der Waals surface area contributed by atoms with Crippen LogP contribution in [0.4, 0.5) is 0 Å². The number of hydrogen-bond donors (Lipinski definition) is 2. The van der Waals surface area contributed by atoms with Gasteiger partial charge in [-0.2, -0.15) is 0 Å². The zero-order valence-electron chi connectivity index (χ0n) is 13.9. The second kappa shape index (κ2) is 8.47. The van der Waals surface area contributed by atoms with Gasteiger partial charge in [0, 0.05) is 26.2 Å². The van der Waals surface area contributed by atoms with E-state index in [1.807, 2.05) is 0 Å². The molecule has 2 N–H and O–H groups in total. The minimum atomic E-state index is -0.100. The van der Waals surface area contributed by atoms with Gasteiger partial charge in [-0.1, -0.05) is 13.8 Å². The van der Waals surface area contributed by atoms with Gasteiger partial charge in [-0.3, -0.25) is 4.90 Å². The van der Waals surface area contributed by atoms with Crippen molar-refractivity contribution in [2.45, 2.75) is 45.6 Å². The Balaban J connectivity index is 1.82. The second-order valence-electron chi connectivity index (χ2n) is 7.36. The number of nitrogens with zero attached hydrogens (tertiary/aromatic N) is 2. The monoisotopic (exact) mass is 298 g/mol. The quantitative estimate of drug-likeness (QED) is 0.806. The van der Waals surface area contributed by atoms with E-state index in [9.17, 15) is 5.11 Å². The molecule has 0 amide bonds. The van der Waals surface area contributed by atoms with Gasteiger partial charge in [0.05, 0.1) is 12.7 Å². The summed E-state index contributed by atoms with van der Waals surface area (Å²) >= 11 is 0. The van der Waals surface area contributed by atoms with E-state index in [1.165, 1.54) is 19.3 Å². The van der Waals surface area contributed by atoms with Crippen LogP contribution in [0.15, 0.2) is 0 Å². The third-order valence-electron chi connectivity index (χ3n) is 5.52. The number of hydrogen-bond acceptors (Lipinski definition) is 4. The zero-order valence-corrected chi connectivity index (χ0v) is 13.9. The van der Waals surface area contributed by atoms with E-state index in [4.69, 9.17) is 5.11 Å². The summed E-state index contributed by atoms with van der Waals surface area (Å²) in [4.78, 5) is 4.89. The summed E-state index contributed by atoms with van der Waals surface area (Å²) in [5.41, 5.74) is 0. The highest BCUT2D eigenvalue weighted by Crippen LogP contribution is 2.34. The SMILES string of the molecule is CC(C)C1CCC(O)C(CN2CCCN(CCO)CC2)C1. The maximum Gasteiger partial charge on any atom is 0.0580 e. The normalized spacial score (nSPS) is 33.3. The van der Waals surface area contributed by atoms with Crippen LogP contribution >= 0.6 is 0 Å². The van der Waals surface area contributed by atoms with E-state index in [0.717, 1.165) is 57.5 Å². The van der Waals surface area contributed by atoms with Gasteiger partial charge in [0.15, 0.2) is 0 Å². The summed E-state index contributed by atoms with van der Waals surface area (Å²) in [6.07, 6.45) is 4.45. The predicted octanol–water partition coefficient (Wildman–Crippen LogP) is 1.42. The standard InChI is InChI=1S/C17H34N2O2/c1-14(2)15-4-5-17(21)16(12-15)13-19-7-3-6-18(8-9-19)10-11-20/h14-17,20-21H,3-13H2,1-2H3. The molecule has 2 fully saturated rings. The number of aliphatic hydroxyl groups is 2. The lowest BCUT2D eigenvalue weighted by atomic mass is 9.74. The summed E-state index contributed by atoms with van der Waals surface area (Å²) in [6, 6.07) is 0. The number of β-amino-alcohol motifs (C(OH)–C–C–N with tert-alkyl or cyclic N) is 1. The average Bonchev–Trinajstić information content (AvgIpc) is 2.67. The largest absolute Gasteiger partial charge is 0.395 e. The molecule has 1 aliphatic heterocycles. The first-order chi connectivity index (χ1) is 10.1. The fourth-order valence-corrected chi connectivity index (χ4v) is 3.99. The molecule has 3 atom stereocenters. The minimum Gasteiger partial charge on any atom is -0.395 e. The van der Waals surface area contributed by atoms with Crippen LogP contribution in [0.3, 0.4) is 0 Å². The Kier molecular flexibility index (Phi) is 6.93. The lowest BCUT2D eigenvalue weighted by molar-refractivity contribution is 0.0191. The molecule has 1 saturated heterocycles. The molecule has 2 aliphatic rings. The Morgan fingerprint density at radius 1 is 1.05 bits per heavy atom. The Hall–Kier alpha value is -0.160. The molecule has 124 valence electrons. The Bertz CT molecular complexity index is 299. The van der Waals surface area contributed by atoms with E-state index in [0.29, 0.717) is 5.92 Å². The molecule has 1 aliphatic carbocycles. The van der Waals surface area contributed by atoms with Crippen molar-refractivity contribution < 1.29 is 10.2 Å². The van der Waals surface area contributed by atoms with Crippen molar-refractivity contribution in [2.75, 3.05) is 45.9 Å². The third-order valence-corrected chi connectivity index (χ3v) is 5.52. The highest BCUT2D eigenvalue weighted by atomic mass is 16.3. The maximum atomic E-state index is 10.3. The molecule has 4 heteroatoms. The highest BCUT2D eigenvalue weighted by Gasteiger charge is 2.32. The van der Waals surface area contributed by atoms with Gasteiger partial charge in [-0.15, -0.1) is 0 Å². The molecule has 1 saturated carbocycles. The fraction of sp³-hybridized carbons (Fsp3) is 1.00. The van der Waals surface area contributed by atoms with Gasteiger partial charge in [-0.05, 0) is 56.5 Å². The van der Waals surface area contributed by atoms with Crippen LogP contribution in [0.25, 0.3) is 0 Å². The molecule has 2 rings (SSSR count). The first kappa shape index (κ1) is 17.2. The second-order valence-corrected chi connectivity index (χ2v) is 7.36. The van der Waals surface area contributed by atoms with Gasteiger partial charge < -0.3 is 15.1 Å². The molecule has 1 heterocycles. The van der Waals surface area contributed by atoms with Crippen LogP contribution in [-0.2, 0) is 0 Å². The van der Waals surface area contributed by atoms with Crippen LogP contribution < -0.4 is 0 Å². The van der Waals surface area contributed by atoms with Crippen LogP contribution in [-0.4, -0.2) is 72.0 Å².